The van der Waals surface area contributed by atoms with Gasteiger partial charge in [0, 0.05) is 43.0 Å². The first-order valence-corrected chi connectivity index (χ1v) is 13.0. The monoisotopic (exact) mass is 469 g/mol. The average molecular weight is 470 g/mol. The second-order valence-corrected chi connectivity index (χ2v) is 10.8. The smallest absolute Gasteiger partial charge is 0.255 e. The van der Waals surface area contributed by atoms with Crippen LogP contribution in [0.25, 0.3) is 0 Å². The van der Waals surface area contributed by atoms with Gasteiger partial charge in [-0.1, -0.05) is 18.6 Å². The number of nitrogens with one attached hydrogen (secondary N) is 1. The molecule has 2 fully saturated rings. The molecule has 7 nitrogen and oxygen atoms in total. The number of rotatable bonds is 5. The van der Waals surface area contributed by atoms with Gasteiger partial charge in [-0.2, -0.15) is 4.31 Å². The maximum atomic E-state index is 13.2. The first-order chi connectivity index (χ1) is 15.8. The molecule has 2 aromatic rings. The number of hydrogen-bond acceptors (Lipinski definition) is 4. The van der Waals surface area contributed by atoms with Gasteiger partial charge in [0.2, 0.25) is 10.0 Å². The summed E-state index contributed by atoms with van der Waals surface area (Å²) < 4.78 is 27.7. The Hall–Kier alpha value is -2.71. The van der Waals surface area contributed by atoms with Crippen LogP contribution in [-0.4, -0.2) is 55.6 Å². The van der Waals surface area contributed by atoms with E-state index in [2.05, 4.69) is 5.32 Å². The minimum absolute atomic E-state index is 0.0214. The minimum Gasteiger partial charge on any atom is -0.339 e. The number of amides is 2. The topological polar surface area (TPSA) is 86.8 Å². The molecule has 0 bridgehead atoms. The van der Waals surface area contributed by atoms with Crippen molar-refractivity contribution in [3.63, 3.8) is 0 Å². The molecule has 0 saturated carbocycles. The average Bonchev–Trinajstić information content (AvgIpc) is 3.36. The quantitative estimate of drug-likeness (QED) is 0.718. The van der Waals surface area contributed by atoms with Gasteiger partial charge in [-0.05, 0) is 74.9 Å². The molecule has 0 atom stereocenters. The van der Waals surface area contributed by atoms with Gasteiger partial charge in [-0.3, -0.25) is 9.59 Å². The number of aryl methyl sites for hydroxylation is 1. The highest BCUT2D eigenvalue weighted by molar-refractivity contribution is 7.89. The zero-order valence-corrected chi connectivity index (χ0v) is 20.1. The molecular weight excluding hydrogens is 438 g/mol. The molecule has 33 heavy (non-hydrogen) atoms. The number of benzene rings is 2. The number of sulfonamides is 1. The number of anilines is 1. The Morgan fingerprint density at radius 1 is 0.848 bits per heavy atom. The van der Waals surface area contributed by atoms with Crippen LogP contribution in [0.5, 0.6) is 0 Å². The molecule has 2 saturated heterocycles. The van der Waals surface area contributed by atoms with Crippen LogP contribution < -0.4 is 5.32 Å². The number of carbonyl (C=O) groups is 2. The number of piperidine rings is 1. The van der Waals surface area contributed by atoms with Gasteiger partial charge in [0.15, 0.2) is 0 Å². The van der Waals surface area contributed by atoms with E-state index in [1.165, 1.54) is 10.4 Å². The van der Waals surface area contributed by atoms with E-state index in [1.54, 1.807) is 37.3 Å². The van der Waals surface area contributed by atoms with Crippen molar-refractivity contribution in [1.82, 2.24) is 9.21 Å². The Bertz CT molecular complexity index is 1160. The highest BCUT2D eigenvalue weighted by atomic mass is 32.2. The van der Waals surface area contributed by atoms with Crippen molar-refractivity contribution in [3.05, 3.63) is 58.7 Å². The molecule has 2 aromatic carbocycles. The zero-order valence-electron chi connectivity index (χ0n) is 19.3. The predicted molar refractivity (Wildman–Crippen MR) is 128 cm³/mol. The van der Waals surface area contributed by atoms with Crippen LogP contribution in [0.1, 0.15) is 63.9 Å². The number of carbonyl (C=O) groups excluding carboxylic acids is 2. The van der Waals surface area contributed by atoms with Crippen molar-refractivity contribution in [3.8, 4) is 0 Å². The summed E-state index contributed by atoms with van der Waals surface area (Å²) in [4.78, 5) is 28.0. The van der Waals surface area contributed by atoms with Crippen molar-refractivity contribution in [2.45, 2.75) is 50.8 Å². The van der Waals surface area contributed by atoms with Gasteiger partial charge in [0.1, 0.15) is 0 Å². The van der Waals surface area contributed by atoms with Crippen molar-refractivity contribution in [1.29, 1.82) is 0 Å². The maximum Gasteiger partial charge on any atom is 0.255 e. The molecule has 2 aliphatic heterocycles. The van der Waals surface area contributed by atoms with E-state index in [0.29, 0.717) is 41.0 Å². The molecule has 2 heterocycles. The van der Waals surface area contributed by atoms with Crippen LogP contribution in [-0.2, 0) is 10.0 Å². The third-order valence-corrected chi connectivity index (χ3v) is 8.51. The molecule has 0 aliphatic carbocycles. The number of likely N-dealkylation sites (tertiary alicyclic amines) is 1. The van der Waals surface area contributed by atoms with E-state index in [0.717, 1.165) is 45.2 Å². The number of hydrogen-bond donors (Lipinski definition) is 1. The summed E-state index contributed by atoms with van der Waals surface area (Å²) in [7, 11) is -3.64. The van der Waals surface area contributed by atoms with Crippen LogP contribution in [0, 0.1) is 13.8 Å². The third-order valence-electron chi connectivity index (χ3n) is 6.61. The summed E-state index contributed by atoms with van der Waals surface area (Å²) in [6, 6.07) is 10.0. The fraction of sp³-hybridized carbons (Fsp3) is 0.440. The number of nitrogens with zero attached hydrogens (tertiary/aromatic N) is 2. The van der Waals surface area contributed by atoms with Gasteiger partial charge in [-0.25, -0.2) is 8.42 Å². The Kier molecular flexibility index (Phi) is 6.86. The Labute approximate surface area is 195 Å². The molecule has 2 amide bonds. The second kappa shape index (κ2) is 9.65. The van der Waals surface area contributed by atoms with Gasteiger partial charge in [0.25, 0.3) is 11.8 Å². The summed E-state index contributed by atoms with van der Waals surface area (Å²) in [5.74, 6) is -0.413. The molecule has 0 aromatic heterocycles. The molecule has 0 spiro atoms. The summed E-state index contributed by atoms with van der Waals surface area (Å²) in [6.07, 6.45) is 4.76. The highest BCUT2D eigenvalue weighted by Gasteiger charge is 2.27. The zero-order chi connectivity index (χ0) is 23.6. The van der Waals surface area contributed by atoms with Gasteiger partial charge in [0.05, 0.1) is 4.90 Å². The molecule has 0 unspecified atom stereocenters. The molecular formula is C25H31N3O4S. The maximum absolute atomic E-state index is 13.2. The molecule has 4 rings (SSSR count). The molecule has 0 radical (unpaired) electrons. The van der Waals surface area contributed by atoms with Crippen molar-refractivity contribution in [2.24, 2.45) is 0 Å². The largest absolute Gasteiger partial charge is 0.339 e. The lowest BCUT2D eigenvalue weighted by Gasteiger charge is -2.26. The summed E-state index contributed by atoms with van der Waals surface area (Å²) in [5, 5.41) is 2.89. The van der Waals surface area contributed by atoms with E-state index in [1.807, 2.05) is 11.8 Å². The second-order valence-electron chi connectivity index (χ2n) is 8.87. The normalized spacial score (nSPS) is 17.2. The van der Waals surface area contributed by atoms with Gasteiger partial charge < -0.3 is 10.2 Å². The van der Waals surface area contributed by atoms with E-state index in [-0.39, 0.29) is 10.8 Å². The van der Waals surface area contributed by atoms with Crippen LogP contribution in [0.4, 0.5) is 5.69 Å². The molecule has 8 heteroatoms. The lowest BCUT2D eigenvalue weighted by Crippen LogP contribution is -2.35. The van der Waals surface area contributed by atoms with Crippen LogP contribution in [0.2, 0.25) is 0 Å². The SMILES string of the molecule is Cc1ccc(S(=O)(=O)N2CCCCC2)cc1C(=O)Nc1cccc(C(=O)N2CCCC2)c1C. The van der Waals surface area contributed by atoms with Crippen LogP contribution in [0.3, 0.4) is 0 Å². The van der Waals surface area contributed by atoms with Crippen molar-refractivity contribution in [2.75, 3.05) is 31.5 Å². The molecule has 176 valence electrons. The van der Waals surface area contributed by atoms with Crippen molar-refractivity contribution < 1.29 is 18.0 Å². The fourth-order valence-corrected chi connectivity index (χ4v) is 6.09. The first kappa shape index (κ1) is 23.4. The first-order valence-electron chi connectivity index (χ1n) is 11.6. The van der Waals surface area contributed by atoms with E-state index in [9.17, 15) is 18.0 Å². The van der Waals surface area contributed by atoms with Crippen LogP contribution >= 0.6 is 0 Å². The van der Waals surface area contributed by atoms with Gasteiger partial charge >= 0.3 is 0 Å². The van der Waals surface area contributed by atoms with E-state index < -0.39 is 15.9 Å². The Morgan fingerprint density at radius 2 is 1.52 bits per heavy atom. The van der Waals surface area contributed by atoms with Crippen molar-refractivity contribution >= 4 is 27.5 Å². The van der Waals surface area contributed by atoms with E-state index >= 15 is 0 Å². The van der Waals surface area contributed by atoms with E-state index in [4.69, 9.17) is 0 Å². The standard InChI is InChI=1S/C25H31N3O4S/c1-18-11-12-20(33(31,32)28-15-4-3-5-16-28)17-22(18)24(29)26-23-10-8-9-21(19(23)2)25(30)27-13-6-7-14-27/h8-12,17H,3-7,13-16H2,1-2H3,(H,26,29). The lowest BCUT2D eigenvalue weighted by molar-refractivity contribution is 0.0791. The Morgan fingerprint density at radius 3 is 2.21 bits per heavy atom. The lowest BCUT2D eigenvalue weighted by atomic mass is 10.0. The van der Waals surface area contributed by atoms with Crippen LogP contribution in [0.15, 0.2) is 41.3 Å². The summed E-state index contributed by atoms with van der Waals surface area (Å²) in [5.41, 5.74) is 2.83. The summed E-state index contributed by atoms with van der Waals surface area (Å²) >= 11 is 0. The molecule has 1 N–H and O–H groups in total. The third kappa shape index (κ3) is 4.82. The highest BCUT2D eigenvalue weighted by Crippen LogP contribution is 2.26. The Balaban J connectivity index is 1.58. The predicted octanol–water partition coefficient (Wildman–Crippen LogP) is 3.97. The fourth-order valence-electron chi connectivity index (χ4n) is 4.54. The minimum atomic E-state index is -3.64. The molecule has 2 aliphatic rings. The van der Waals surface area contributed by atoms with Gasteiger partial charge in [-0.15, -0.1) is 0 Å². The summed E-state index contributed by atoms with van der Waals surface area (Å²) in [6.45, 7) is 6.14.